The average molecular weight is 362 g/mol. The van der Waals surface area contributed by atoms with E-state index in [0.717, 1.165) is 14.6 Å². The standard InChI is InChI=1S/C14H14N6O2S2/c15-12-18-10(19-13(16)20-12)7-22-11(21)5-6-23-14-17-8-3-1-2-4-9(8)24-14/h1-4H,5-7H2,(H4,15,16,18,19,20). The minimum absolute atomic E-state index is 0.0000551. The summed E-state index contributed by atoms with van der Waals surface area (Å²) >= 11 is 3.13. The van der Waals surface area contributed by atoms with Gasteiger partial charge in [0, 0.05) is 5.75 Å². The van der Waals surface area contributed by atoms with E-state index >= 15 is 0 Å². The molecule has 1 aromatic carbocycles. The zero-order valence-corrected chi connectivity index (χ0v) is 14.1. The van der Waals surface area contributed by atoms with Crippen molar-refractivity contribution in [2.24, 2.45) is 0 Å². The van der Waals surface area contributed by atoms with E-state index in [1.807, 2.05) is 24.3 Å². The van der Waals surface area contributed by atoms with Crippen molar-refractivity contribution < 1.29 is 9.53 Å². The Morgan fingerprint density at radius 2 is 1.88 bits per heavy atom. The number of thiazole rings is 1. The summed E-state index contributed by atoms with van der Waals surface area (Å²) in [7, 11) is 0. The van der Waals surface area contributed by atoms with Crippen molar-refractivity contribution >= 4 is 51.2 Å². The van der Waals surface area contributed by atoms with Gasteiger partial charge in [0.05, 0.1) is 16.6 Å². The van der Waals surface area contributed by atoms with Gasteiger partial charge in [0.2, 0.25) is 11.9 Å². The van der Waals surface area contributed by atoms with Crippen LogP contribution in [0.4, 0.5) is 11.9 Å². The number of nitrogen functional groups attached to an aromatic ring is 2. The van der Waals surface area contributed by atoms with Gasteiger partial charge in [-0.05, 0) is 12.1 Å². The minimum atomic E-state index is -0.346. The first-order valence-electron chi connectivity index (χ1n) is 7.00. The Morgan fingerprint density at radius 1 is 1.12 bits per heavy atom. The van der Waals surface area contributed by atoms with Crippen LogP contribution in [0.5, 0.6) is 0 Å². The number of anilines is 2. The fourth-order valence-corrected chi connectivity index (χ4v) is 3.93. The van der Waals surface area contributed by atoms with Gasteiger partial charge >= 0.3 is 5.97 Å². The summed E-state index contributed by atoms with van der Waals surface area (Å²) in [5.74, 6) is 0.466. The van der Waals surface area contributed by atoms with Gasteiger partial charge in [-0.3, -0.25) is 4.79 Å². The lowest BCUT2D eigenvalue weighted by Crippen LogP contribution is -2.11. The van der Waals surface area contributed by atoms with Gasteiger partial charge in [0.25, 0.3) is 0 Å². The number of carbonyl (C=O) groups is 1. The molecule has 4 N–H and O–H groups in total. The third-order valence-corrected chi connectivity index (χ3v) is 5.07. The highest BCUT2D eigenvalue weighted by Crippen LogP contribution is 2.29. The topological polar surface area (TPSA) is 130 Å². The van der Waals surface area contributed by atoms with Crippen LogP contribution < -0.4 is 11.5 Å². The molecule has 2 heterocycles. The highest BCUT2D eigenvalue weighted by Gasteiger charge is 2.09. The Bertz CT molecular complexity index is 816. The Hall–Kier alpha value is -2.46. The van der Waals surface area contributed by atoms with Crippen LogP contribution in [-0.2, 0) is 16.1 Å². The molecule has 0 bridgehead atoms. The first-order valence-corrected chi connectivity index (χ1v) is 8.80. The van der Waals surface area contributed by atoms with Crippen molar-refractivity contribution in [3.8, 4) is 0 Å². The molecule has 0 spiro atoms. The maximum absolute atomic E-state index is 11.8. The van der Waals surface area contributed by atoms with Crippen molar-refractivity contribution in [1.82, 2.24) is 19.9 Å². The summed E-state index contributed by atoms with van der Waals surface area (Å²) in [6, 6.07) is 7.93. The lowest BCUT2D eigenvalue weighted by Gasteiger charge is -2.04. The monoisotopic (exact) mass is 362 g/mol. The van der Waals surface area contributed by atoms with Crippen LogP contribution in [0.25, 0.3) is 10.2 Å². The van der Waals surface area contributed by atoms with Crippen LogP contribution in [0.2, 0.25) is 0 Å². The molecule has 0 radical (unpaired) electrons. The number of nitrogens with zero attached hydrogens (tertiary/aromatic N) is 4. The highest BCUT2D eigenvalue weighted by atomic mass is 32.2. The van der Waals surface area contributed by atoms with Crippen LogP contribution >= 0.6 is 23.1 Å². The number of ether oxygens (including phenoxy) is 1. The van der Waals surface area contributed by atoms with E-state index in [1.54, 1.807) is 11.3 Å². The second-order valence-electron chi connectivity index (χ2n) is 4.67. The lowest BCUT2D eigenvalue weighted by molar-refractivity contribution is -0.144. The van der Waals surface area contributed by atoms with Crippen LogP contribution in [0.3, 0.4) is 0 Å². The Balaban J connectivity index is 1.45. The third kappa shape index (κ3) is 4.30. The van der Waals surface area contributed by atoms with Crippen LogP contribution in [0.15, 0.2) is 28.6 Å². The van der Waals surface area contributed by atoms with Crippen molar-refractivity contribution in [2.75, 3.05) is 17.2 Å². The van der Waals surface area contributed by atoms with Gasteiger partial charge in [0.1, 0.15) is 0 Å². The molecule has 3 rings (SSSR count). The summed E-state index contributed by atoms with van der Waals surface area (Å²) in [5, 5.41) is 0. The van der Waals surface area contributed by atoms with Crippen LogP contribution in [0.1, 0.15) is 12.2 Å². The zero-order valence-electron chi connectivity index (χ0n) is 12.5. The SMILES string of the molecule is Nc1nc(N)nc(COC(=O)CCSc2nc3ccccc3s2)n1. The first-order chi connectivity index (χ1) is 11.6. The smallest absolute Gasteiger partial charge is 0.307 e. The molecule has 8 nitrogen and oxygen atoms in total. The summed E-state index contributed by atoms with van der Waals surface area (Å²) < 4.78 is 7.17. The number of nitrogens with two attached hydrogens (primary N) is 2. The van der Waals surface area contributed by atoms with Crippen molar-refractivity contribution in [1.29, 1.82) is 0 Å². The van der Waals surface area contributed by atoms with E-state index in [9.17, 15) is 4.79 Å². The Kier molecular flexibility index (Phi) is 5.06. The fraction of sp³-hybridized carbons (Fsp3) is 0.214. The van der Waals surface area contributed by atoms with Crippen molar-refractivity contribution in [3.63, 3.8) is 0 Å². The highest BCUT2D eigenvalue weighted by molar-refractivity contribution is 8.01. The van der Waals surface area contributed by atoms with Gasteiger partial charge in [-0.15, -0.1) is 11.3 Å². The number of para-hydroxylation sites is 1. The molecular formula is C14H14N6O2S2. The molecule has 124 valence electrons. The summed E-state index contributed by atoms with van der Waals surface area (Å²) in [4.78, 5) is 27.6. The zero-order chi connectivity index (χ0) is 16.9. The fourth-order valence-electron chi connectivity index (χ4n) is 1.87. The van der Waals surface area contributed by atoms with E-state index in [-0.39, 0.29) is 36.7 Å². The Morgan fingerprint density at radius 3 is 2.62 bits per heavy atom. The van der Waals surface area contributed by atoms with Gasteiger partial charge in [-0.25, -0.2) is 4.98 Å². The minimum Gasteiger partial charge on any atom is -0.457 e. The maximum Gasteiger partial charge on any atom is 0.307 e. The molecule has 0 aliphatic heterocycles. The Labute approximate surface area is 145 Å². The number of esters is 1. The molecule has 10 heteroatoms. The molecule has 0 aliphatic carbocycles. The van der Waals surface area contributed by atoms with Crippen LogP contribution in [-0.4, -0.2) is 31.7 Å². The predicted octanol–water partition coefficient (Wildman–Crippen LogP) is 1.87. The molecule has 0 saturated heterocycles. The van der Waals surface area contributed by atoms with E-state index in [1.165, 1.54) is 11.8 Å². The average Bonchev–Trinajstić information content (AvgIpc) is 2.95. The molecule has 0 unspecified atom stereocenters. The number of fused-ring (bicyclic) bond motifs is 1. The lowest BCUT2D eigenvalue weighted by atomic mass is 10.3. The number of benzene rings is 1. The number of aromatic nitrogens is 4. The van der Waals surface area contributed by atoms with E-state index in [2.05, 4.69) is 19.9 Å². The van der Waals surface area contributed by atoms with Gasteiger partial charge in [0.15, 0.2) is 16.8 Å². The molecule has 0 aliphatic rings. The maximum atomic E-state index is 11.8. The van der Waals surface area contributed by atoms with Gasteiger partial charge in [-0.1, -0.05) is 23.9 Å². The van der Waals surface area contributed by atoms with E-state index in [4.69, 9.17) is 16.2 Å². The molecule has 3 aromatic rings. The number of carbonyl (C=O) groups excluding carboxylic acids is 1. The molecule has 0 saturated carbocycles. The molecule has 0 amide bonds. The van der Waals surface area contributed by atoms with E-state index < -0.39 is 0 Å². The van der Waals surface area contributed by atoms with Crippen molar-refractivity contribution in [2.45, 2.75) is 17.4 Å². The van der Waals surface area contributed by atoms with Gasteiger partial charge < -0.3 is 16.2 Å². The second kappa shape index (κ2) is 7.41. The summed E-state index contributed by atoms with van der Waals surface area (Å²) in [6.45, 7) is -0.0818. The predicted molar refractivity (Wildman–Crippen MR) is 93.4 cm³/mol. The number of hydrogen-bond donors (Lipinski definition) is 2. The first kappa shape index (κ1) is 16.4. The molecule has 2 aromatic heterocycles. The second-order valence-corrected chi connectivity index (χ2v) is 7.05. The van der Waals surface area contributed by atoms with Crippen molar-refractivity contribution in [3.05, 3.63) is 30.1 Å². The van der Waals surface area contributed by atoms with E-state index in [0.29, 0.717) is 5.75 Å². The molecule has 0 fully saturated rings. The quantitative estimate of drug-likeness (QED) is 0.498. The molecular weight excluding hydrogens is 348 g/mol. The third-order valence-electron chi connectivity index (χ3n) is 2.88. The summed E-state index contributed by atoms with van der Waals surface area (Å²) in [6.07, 6.45) is 0.261. The number of thioether (sulfide) groups is 1. The van der Waals surface area contributed by atoms with Crippen LogP contribution in [0, 0.1) is 0 Å². The molecule has 24 heavy (non-hydrogen) atoms. The number of hydrogen-bond acceptors (Lipinski definition) is 10. The normalized spacial score (nSPS) is 10.8. The largest absolute Gasteiger partial charge is 0.457 e. The van der Waals surface area contributed by atoms with Gasteiger partial charge in [-0.2, -0.15) is 15.0 Å². The molecule has 0 atom stereocenters. The number of rotatable bonds is 6. The summed E-state index contributed by atoms with van der Waals surface area (Å²) in [5.41, 5.74) is 11.9.